The number of nitrogens with one attached hydrogen (secondary N) is 1. The van der Waals surface area contributed by atoms with Gasteiger partial charge in [-0.05, 0) is 24.3 Å². The van der Waals surface area contributed by atoms with Gasteiger partial charge in [0.15, 0.2) is 0 Å². The van der Waals surface area contributed by atoms with E-state index in [2.05, 4.69) is 5.32 Å². The quantitative estimate of drug-likeness (QED) is 0.775. The van der Waals surface area contributed by atoms with Crippen LogP contribution in [0.15, 0.2) is 47.1 Å². The number of furan rings is 1. The van der Waals surface area contributed by atoms with Crippen LogP contribution in [0, 0.1) is 0 Å². The number of para-hydroxylation sites is 2. The summed E-state index contributed by atoms with van der Waals surface area (Å²) >= 11 is 0. The van der Waals surface area contributed by atoms with E-state index >= 15 is 0 Å². The first-order chi connectivity index (χ1) is 9.79. The van der Waals surface area contributed by atoms with E-state index in [1.165, 1.54) is 0 Å². The zero-order valence-electron chi connectivity index (χ0n) is 11.4. The number of hydrogen-bond donors (Lipinski definition) is 2. The summed E-state index contributed by atoms with van der Waals surface area (Å²) in [5.74, 6) is 1.49. The van der Waals surface area contributed by atoms with Gasteiger partial charge in [-0.2, -0.15) is 0 Å². The molecule has 5 heteroatoms. The second-order valence-electron chi connectivity index (χ2n) is 4.33. The molecule has 1 heterocycles. The summed E-state index contributed by atoms with van der Waals surface area (Å²) in [5.41, 5.74) is 0.847. The van der Waals surface area contributed by atoms with Gasteiger partial charge in [0.25, 0.3) is 0 Å². The fourth-order valence-electron chi connectivity index (χ4n) is 1.77. The van der Waals surface area contributed by atoms with E-state index < -0.39 is 6.10 Å². The van der Waals surface area contributed by atoms with Gasteiger partial charge in [0.05, 0.1) is 31.8 Å². The highest BCUT2D eigenvalue weighted by molar-refractivity contribution is 5.56. The molecule has 0 saturated heterocycles. The molecule has 20 heavy (non-hydrogen) atoms. The number of aliphatic hydroxyl groups is 1. The van der Waals surface area contributed by atoms with E-state index in [9.17, 15) is 5.11 Å². The third kappa shape index (κ3) is 4.29. The van der Waals surface area contributed by atoms with Gasteiger partial charge < -0.3 is 24.3 Å². The summed E-state index contributed by atoms with van der Waals surface area (Å²) < 4.78 is 15.7. The molecule has 0 amide bonds. The van der Waals surface area contributed by atoms with Crippen molar-refractivity contribution in [3.63, 3.8) is 0 Å². The molecular formula is C15H19NO4. The van der Waals surface area contributed by atoms with Crippen molar-refractivity contribution < 1.29 is 19.0 Å². The highest BCUT2D eigenvalue weighted by atomic mass is 16.5. The lowest BCUT2D eigenvalue weighted by atomic mass is 10.2. The average Bonchev–Trinajstić information content (AvgIpc) is 2.98. The first-order valence-electron chi connectivity index (χ1n) is 6.44. The Morgan fingerprint density at radius 3 is 2.85 bits per heavy atom. The van der Waals surface area contributed by atoms with Crippen LogP contribution in [-0.4, -0.2) is 31.5 Å². The number of ether oxygens (including phenoxy) is 2. The third-order valence-corrected chi connectivity index (χ3v) is 2.77. The molecule has 0 aliphatic heterocycles. The Morgan fingerprint density at radius 2 is 2.10 bits per heavy atom. The predicted molar refractivity (Wildman–Crippen MR) is 75.9 cm³/mol. The number of anilines is 1. The van der Waals surface area contributed by atoms with Crippen LogP contribution >= 0.6 is 0 Å². The third-order valence-electron chi connectivity index (χ3n) is 2.77. The maximum absolute atomic E-state index is 9.84. The van der Waals surface area contributed by atoms with Gasteiger partial charge in [-0.3, -0.25) is 0 Å². The summed E-state index contributed by atoms with van der Waals surface area (Å²) in [5, 5.41) is 13.0. The molecule has 1 unspecified atom stereocenters. The fourth-order valence-corrected chi connectivity index (χ4v) is 1.77. The minimum absolute atomic E-state index is 0.239. The van der Waals surface area contributed by atoms with Crippen LogP contribution in [0.25, 0.3) is 0 Å². The van der Waals surface area contributed by atoms with E-state index in [0.29, 0.717) is 13.2 Å². The zero-order chi connectivity index (χ0) is 14.2. The number of hydrogen-bond acceptors (Lipinski definition) is 5. The standard InChI is InChI=1S/C15H19NO4/c1-18-15-7-3-2-6-14(15)16-9-12(17)10-19-11-13-5-4-8-20-13/h2-8,12,16-17H,9-11H2,1H3. The van der Waals surface area contributed by atoms with Crippen molar-refractivity contribution in [3.8, 4) is 5.75 Å². The van der Waals surface area contributed by atoms with Crippen LogP contribution in [0.3, 0.4) is 0 Å². The van der Waals surface area contributed by atoms with Gasteiger partial charge >= 0.3 is 0 Å². The molecule has 0 fully saturated rings. The first-order valence-corrected chi connectivity index (χ1v) is 6.44. The molecule has 1 aromatic carbocycles. The Bertz CT molecular complexity index is 498. The number of aliphatic hydroxyl groups excluding tert-OH is 1. The number of benzene rings is 1. The summed E-state index contributed by atoms with van der Waals surface area (Å²) in [6, 6.07) is 11.2. The Morgan fingerprint density at radius 1 is 1.25 bits per heavy atom. The Kier molecular flexibility index (Phi) is 5.46. The minimum Gasteiger partial charge on any atom is -0.495 e. The van der Waals surface area contributed by atoms with Crippen molar-refractivity contribution in [2.45, 2.75) is 12.7 Å². The van der Waals surface area contributed by atoms with E-state index in [0.717, 1.165) is 17.2 Å². The highest BCUT2D eigenvalue weighted by Crippen LogP contribution is 2.22. The van der Waals surface area contributed by atoms with Crippen LogP contribution in [0.2, 0.25) is 0 Å². The van der Waals surface area contributed by atoms with Crippen LogP contribution in [-0.2, 0) is 11.3 Å². The minimum atomic E-state index is -0.602. The van der Waals surface area contributed by atoms with Crippen LogP contribution < -0.4 is 10.1 Å². The maximum Gasteiger partial charge on any atom is 0.141 e. The van der Waals surface area contributed by atoms with E-state index in [4.69, 9.17) is 13.9 Å². The second kappa shape index (κ2) is 7.57. The SMILES string of the molecule is COc1ccccc1NCC(O)COCc1ccco1. The lowest BCUT2D eigenvalue weighted by Crippen LogP contribution is -2.24. The molecule has 2 aromatic rings. The van der Waals surface area contributed by atoms with E-state index in [1.54, 1.807) is 19.4 Å². The molecule has 0 bridgehead atoms. The van der Waals surface area contributed by atoms with Crippen molar-refractivity contribution in [1.82, 2.24) is 0 Å². The summed E-state index contributed by atoms with van der Waals surface area (Å²) in [7, 11) is 1.61. The fraction of sp³-hybridized carbons (Fsp3) is 0.333. The van der Waals surface area contributed by atoms with Crippen molar-refractivity contribution in [2.75, 3.05) is 25.6 Å². The molecule has 0 aliphatic rings. The monoisotopic (exact) mass is 277 g/mol. The van der Waals surface area contributed by atoms with Gasteiger partial charge in [-0.1, -0.05) is 12.1 Å². The summed E-state index contributed by atoms with van der Waals surface area (Å²) in [4.78, 5) is 0. The van der Waals surface area contributed by atoms with Crippen molar-refractivity contribution in [1.29, 1.82) is 0 Å². The topological polar surface area (TPSA) is 63.9 Å². The van der Waals surface area contributed by atoms with Gasteiger partial charge in [0.2, 0.25) is 0 Å². The molecular weight excluding hydrogens is 258 g/mol. The van der Waals surface area contributed by atoms with Crippen LogP contribution in [0.5, 0.6) is 5.75 Å². The number of rotatable bonds is 8. The zero-order valence-corrected chi connectivity index (χ0v) is 11.4. The Hall–Kier alpha value is -1.98. The molecule has 108 valence electrons. The molecule has 0 aliphatic carbocycles. The first kappa shape index (κ1) is 14.4. The molecule has 0 radical (unpaired) electrons. The Labute approximate surface area is 118 Å². The lowest BCUT2D eigenvalue weighted by molar-refractivity contribution is 0.0282. The van der Waals surface area contributed by atoms with Gasteiger partial charge in [0.1, 0.15) is 18.1 Å². The number of methoxy groups -OCH3 is 1. The predicted octanol–water partition coefficient (Wildman–Crippen LogP) is 2.28. The maximum atomic E-state index is 9.84. The van der Waals surface area contributed by atoms with Gasteiger partial charge in [-0.25, -0.2) is 0 Å². The van der Waals surface area contributed by atoms with Crippen LogP contribution in [0.1, 0.15) is 5.76 Å². The molecule has 2 rings (SSSR count). The molecule has 1 atom stereocenters. The van der Waals surface area contributed by atoms with Gasteiger partial charge in [0, 0.05) is 6.54 Å². The van der Waals surface area contributed by atoms with Crippen LogP contribution in [0.4, 0.5) is 5.69 Å². The molecule has 5 nitrogen and oxygen atoms in total. The summed E-state index contributed by atoms with van der Waals surface area (Å²) in [6.45, 7) is 0.986. The van der Waals surface area contributed by atoms with Crippen molar-refractivity contribution in [3.05, 3.63) is 48.4 Å². The molecule has 0 spiro atoms. The van der Waals surface area contributed by atoms with Crippen molar-refractivity contribution >= 4 is 5.69 Å². The van der Waals surface area contributed by atoms with E-state index in [1.807, 2.05) is 30.3 Å². The molecule has 1 aromatic heterocycles. The van der Waals surface area contributed by atoms with E-state index in [-0.39, 0.29) is 6.61 Å². The summed E-state index contributed by atoms with van der Waals surface area (Å²) in [6.07, 6.45) is 0.994. The molecule has 2 N–H and O–H groups in total. The largest absolute Gasteiger partial charge is 0.495 e. The second-order valence-corrected chi connectivity index (χ2v) is 4.33. The van der Waals surface area contributed by atoms with Crippen molar-refractivity contribution in [2.24, 2.45) is 0 Å². The lowest BCUT2D eigenvalue weighted by Gasteiger charge is -2.14. The average molecular weight is 277 g/mol. The highest BCUT2D eigenvalue weighted by Gasteiger charge is 2.07. The normalized spacial score (nSPS) is 12.1. The molecule has 0 saturated carbocycles. The van der Waals surface area contributed by atoms with Gasteiger partial charge in [-0.15, -0.1) is 0 Å². The Balaban J connectivity index is 1.70. The smallest absolute Gasteiger partial charge is 0.141 e.